The summed E-state index contributed by atoms with van der Waals surface area (Å²) in [7, 11) is 1.69. The molecule has 1 aromatic heterocycles. The van der Waals surface area contributed by atoms with E-state index < -0.39 is 0 Å². The summed E-state index contributed by atoms with van der Waals surface area (Å²) in [5, 5.41) is 8.92. The summed E-state index contributed by atoms with van der Waals surface area (Å²) in [6.07, 6.45) is 0. The quantitative estimate of drug-likeness (QED) is 0.864. The molecule has 0 saturated carbocycles. The van der Waals surface area contributed by atoms with Gasteiger partial charge in [-0.3, -0.25) is 4.79 Å². The van der Waals surface area contributed by atoms with E-state index in [2.05, 4.69) is 0 Å². The van der Waals surface area contributed by atoms with Crippen molar-refractivity contribution < 1.29 is 4.74 Å². The van der Waals surface area contributed by atoms with Crippen LogP contribution < -0.4 is 10.3 Å². The number of ether oxygens (including phenoxy) is 1. The average molecular weight is 275 g/mol. The van der Waals surface area contributed by atoms with Crippen LogP contribution in [0.3, 0.4) is 0 Å². The molecule has 0 aliphatic carbocycles. The Hall–Kier alpha value is -2.25. The molecule has 0 aliphatic heterocycles. The van der Waals surface area contributed by atoms with Crippen LogP contribution in [0.15, 0.2) is 41.2 Å². The number of nitriles is 1. The van der Waals surface area contributed by atoms with Crippen molar-refractivity contribution in [2.24, 2.45) is 7.05 Å². The van der Waals surface area contributed by atoms with Gasteiger partial charge in [0.1, 0.15) is 11.8 Å². The number of rotatable bonds is 3. The predicted octanol–water partition coefficient (Wildman–Crippen LogP) is 2.61. The van der Waals surface area contributed by atoms with E-state index in [1.165, 1.54) is 10.6 Å². The first kappa shape index (κ1) is 13.2. The molecular weight excluding hydrogens is 264 g/mol. The van der Waals surface area contributed by atoms with Crippen molar-refractivity contribution in [1.29, 1.82) is 5.26 Å². The molecule has 0 bridgehead atoms. The molecule has 0 unspecified atom stereocenters. The van der Waals surface area contributed by atoms with E-state index in [0.717, 1.165) is 11.3 Å². The lowest BCUT2D eigenvalue weighted by Gasteiger charge is -2.10. The van der Waals surface area contributed by atoms with Crippen molar-refractivity contribution in [1.82, 2.24) is 4.57 Å². The van der Waals surface area contributed by atoms with Crippen LogP contribution in [0.4, 0.5) is 0 Å². The van der Waals surface area contributed by atoms with Crippen molar-refractivity contribution in [2.45, 2.75) is 0 Å². The van der Waals surface area contributed by atoms with E-state index in [-0.39, 0.29) is 12.2 Å². The van der Waals surface area contributed by atoms with Gasteiger partial charge in [0.05, 0.1) is 10.7 Å². The summed E-state index contributed by atoms with van der Waals surface area (Å²) < 4.78 is 6.69. The normalized spacial score (nSPS) is 9.95. The van der Waals surface area contributed by atoms with Crippen molar-refractivity contribution in [3.63, 3.8) is 0 Å². The molecule has 0 amide bonds. The summed E-state index contributed by atoms with van der Waals surface area (Å²) in [6.45, 7) is -0.0283. The second-order valence-corrected chi connectivity index (χ2v) is 4.30. The van der Waals surface area contributed by atoms with Gasteiger partial charge in [0, 0.05) is 18.7 Å². The van der Waals surface area contributed by atoms with Gasteiger partial charge in [0.25, 0.3) is 5.56 Å². The van der Waals surface area contributed by atoms with E-state index in [9.17, 15) is 4.79 Å². The topological polar surface area (TPSA) is 55.0 Å². The molecule has 0 aliphatic rings. The van der Waals surface area contributed by atoms with Crippen molar-refractivity contribution in [3.8, 4) is 23.1 Å². The molecule has 5 heteroatoms. The molecule has 1 heterocycles. The second kappa shape index (κ2) is 5.59. The summed E-state index contributed by atoms with van der Waals surface area (Å²) in [6, 6.07) is 12.0. The number of nitrogens with zero attached hydrogens (tertiary/aromatic N) is 2. The number of pyridine rings is 1. The molecule has 0 spiro atoms. The van der Waals surface area contributed by atoms with Crippen LogP contribution in [0.5, 0.6) is 5.75 Å². The standard InChI is InChI=1S/C14H11ClN2O2/c1-17-13(3-2-4-14(17)18)11-6-5-10(9-12(11)15)19-8-7-16/h2-6,9H,8H2,1H3. The zero-order chi connectivity index (χ0) is 13.8. The van der Waals surface area contributed by atoms with Gasteiger partial charge in [0.2, 0.25) is 0 Å². The summed E-state index contributed by atoms with van der Waals surface area (Å²) >= 11 is 6.19. The Morgan fingerprint density at radius 1 is 1.37 bits per heavy atom. The first-order chi connectivity index (χ1) is 9.13. The molecular formula is C14H11ClN2O2. The number of hydrogen-bond acceptors (Lipinski definition) is 3. The van der Waals surface area contributed by atoms with Crippen molar-refractivity contribution in [2.75, 3.05) is 6.61 Å². The fourth-order valence-corrected chi connectivity index (χ4v) is 2.01. The third kappa shape index (κ3) is 2.78. The first-order valence-electron chi connectivity index (χ1n) is 5.59. The smallest absolute Gasteiger partial charge is 0.250 e. The maximum Gasteiger partial charge on any atom is 0.250 e. The summed E-state index contributed by atoms with van der Waals surface area (Å²) in [5.74, 6) is 0.524. The highest BCUT2D eigenvalue weighted by molar-refractivity contribution is 6.33. The monoisotopic (exact) mass is 274 g/mol. The minimum Gasteiger partial charge on any atom is -0.479 e. The Morgan fingerprint density at radius 2 is 2.16 bits per heavy atom. The summed E-state index contributed by atoms with van der Waals surface area (Å²) in [5.41, 5.74) is 1.37. The Labute approximate surface area is 115 Å². The number of benzene rings is 1. The summed E-state index contributed by atoms with van der Waals surface area (Å²) in [4.78, 5) is 11.6. The third-order valence-electron chi connectivity index (χ3n) is 2.70. The van der Waals surface area contributed by atoms with E-state index in [4.69, 9.17) is 21.6 Å². The Morgan fingerprint density at radius 3 is 2.84 bits per heavy atom. The molecule has 0 atom stereocenters. The lowest BCUT2D eigenvalue weighted by Crippen LogP contribution is -2.16. The average Bonchev–Trinajstić information content (AvgIpc) is 2.40. The van der Waals surface area contributed by atoms with Crippen LogP contribution in [0.2, 0.25) is 5.02 Å². The lowest BCUT2D eigenvalue weighted by molar-refractivity contribution is 0.368. The fourth-order valence-electron chi connectivity index (χ4n) is 1.74. The maximum atomic E-state index is 11.6. The molecule has 19 heavy (non-hydrogen) atoms. The van der Waals surface area contributed by atoms with Gasteiger partial charge >= 0.3 is 0 Å². The van der Waals surface area contributed by atoms with Crippen LogP contribution in [-0.2, 0) is 7.05 Å². The highest BCUT2D eigenvalue weighted by Gasteiger charge is 2.08. The highest BCUT2D eigenvalue weighted by atomic mass is 35.5. The van der Waals surface area contributed by atoms with Gasteiger partial charge in [0.15, 0.2) is 6.61 Å². The minimum absolute atomic E-state index is 0.0283. The van der Waals surface area contributed by atoms with Crippen LogP contribution in [0.25, 0.3) is 11.3 Å². The molecule has 4 nitrogen and oxygen atoms in total. The molecule has 0 radical (unpaired) electrons. The molecule has 0 fully saturated rings. The largest absolute Gasteiger partial charge is 0.479 e. The van der Waals surface area contributed by atoms with E-state index in [0.29, 0.717) is 10.8 Å². The Balaban J connectivity index is 2.44. The minimum atomic E-state index is -0.0987. The van der Waals surface area contributed by atoms with Crippen LogP contribution in [-0.4, -0.2) is 11.2 Å². The predicted molar refractivity (Wildman–Crippen MR) is 73.2 cm³/mol. The van der Waals surface area contributed by atoms with Crippen LogP contribution >= 0.6 is 11.6 Å². The second-order valence-electron chi connectivity index (χ2n) is 3.90. The number of halogens is 1. The molecule has 1 aromatic carbocycles. The SMILES string of the molecule is Cn1c(-c2ccc(OCC#N)cc2Cl)cccc1=O. The zero-order valence-electron chi connectivity index (χ0n) is 10.3. The van der Waals surface area contributed by atoms with Gasteiger partial charge < -0.3 is 9.30 Å². The van der Waals surface area contributed by atoms with Gasteiger partial charge in [-0.2, -0.15) is 5.26 Å². The molecule has 2 rings (SSSR count). The molecule has 96 valence electrons. The van der Waals surface area contributed by atoms with E-state index in [1.807, 2.05) is 12.1 Å². The van der Waals surface area contributed by atoms with Gasteiger partial charge in [-0.05, 0) is 24.3 Å². The third-order valence-corrected chi connectivity index (χ3v) is 3.02. The van der Waals surface area contributed by atoms with Gasteiger partial charge in [-0.15, -0.1) is 0 Å². The van der Waals surface area contributed by atoms with Crippen molar-refractivity contribution >= 4 is 11.6 Å². The van der Waals surface area contributed by atoms with E-state index in [1.54, 1.807) is 31.3 Å². The molecule has 0 saturated heterocycles. The fraction of sp³-hybridized carbons (Fsp3) is 0.143. The van der Waals surface area contributed by atoms with Gasteiger partial charge in [-0.1, -0.05) is 17.7 Å². The van der Waals surface area contributed by atoms with Crippen LogP contribution in [0, 0.1) is 11.3 Å². The number of hydrogen-bond donors (Lipinski definition) is 0. The zero-order valence-corrected chi connectivity index (χ0v) is 11.0. The Bertz CT molecular complexity index is 701. The highest BCUT2D eigenvalue weighted by Crippen LogP contribution is 2.30. The number of aromatic nitrogens is 1. The molecule has 0 N–H and O–H groups in total. The Kier molecular flexibility index (Phi) is 3.88. The van der Waals surface area contributed by atoms with E-state index >= 15 is 0 Å². The molecule has 2 aromatic rings. The first-order valence-corrected chi connectivity index (χ1v) is 5.97. The maximum absolute atomic E-state index is 11.6. The van der Waals surface area contributed by atoms with Crippen LogP contribution in [0.1, 0.15) is 0 Å². The van der Waals surface area contributed by atoms with Crippen molar-refractivity contribution in [3.05, 3.63) is 51.8 Å². The lowest BCUT2D eigenvalue weighted by atomic mass is 10.1. The van der Waals surface area contributed by atoms with Gasteiger partial charge in [-0.25, -0.2) is 0 Å².